The highest BCUT2D eigenvalue weighted by Crippen LogP contribution is 2.24. The molecule has 0 atom stereocenters. The summed E-state index contributed by atoms with van der Waals surface area (Å²) in [6.45, 7) is -0.240. The molecule has 0 fully saturated rings. The first kappa shape index (κ1) is 14.0. The molecule has 20 heavy (non-hydrogen) atoms. The molecule has 106 valence electrons. The van der Waals surface area contributed by atoms with Crippen LogP contribution < -0.4 is 15.2 Å². The van der Waals surface area contributed by atoms with Crippen LogP contribution >= 0.6 is 0 Å². The second kappa shape index (κ2) is 5.73. The lowest BCUT2D eigenvalue weighted by molar-refractivity contribution is 0.283. The summed E-state index contributed by atoms with van der Waals surface area (Å²) < 4.78 is 50.2. The standard InChI is InChI=1S/C14H12F3NO2/c1-19-9-3-2-8(10(15)4-9)7-20-14-6-11(16)13(18)5-12(14)17/h2-6H,7,18H2,1H3. The third-order valence-corrected chi connectivity index (χ3v) is 2.69. The van der Waals surface area contributed by atoms with Crippen LogP contribution in [0.3, 0.4) is 0 Å². The third kappa shape index (κ3) is 2.96. The number of nitrogen functional groups attached to an aromatic ring is 1. The van der Waals surface area contributed by atoms with Crippen LogP contribution in [0, 0.1) is 17.5 Å². The van der Waals surface area contributed by atoms with Gasteiger partial charge in [0, 0.05) is 23.8 Å². The number of nitrogens with two attached hydrogens (primary N) is 1. The van der Waals surface area contributed by atoms with Crippen molar-refractivity contribution >= 4 is 5.69 Å². The van der Waals surface area contributed by atoms with E-state index in [1.807, 2.05) is 0 Å². The molecule has 0 saturated carbocycles. The zero-order chi connectivity index (χ0) is 14.7. The predicted molar refractivity (Wildman–Crippen MR) is 68.1 cm³/mol. The molecule has 0 unspecified atom stereocenters. The lowest BCUT2D eigenvalue weighted by Gasteiger charge is -2.10. The molecular weight excluding hydrogens is 271 g/mol. The molecule has 0 bridgehead atoms. The van der Waals surface area contributed by atoms with Crippen molar-refractivity contribution in [1.82, 2.24) is 0 Å². The minimum atomic E-state index is -0.808. The normalized spacial score (nSPS) is 10.4. The van der Waals surface area contributed by atoms with Gasteiger partial charge in [-0.2, -0.15) is 0 Å². The molecule has 0 aliphatic heterocycles. The SMILES string of the molecule is COc1ccc(COc2cc(F)c(N)cc2F)c(F)c1. The lowest BCUT2D eigenvalue weighted by Crippen LogP contribution is -2.02. The molecule has 6 heteroatoms. The lowest BCUT2D eigenvalue weighted by atomic mass is 10.2. The van der Waals surface area contributed by atoms with E-state index in [-0.39, 0.29) is 23.6 Å². The van der Waals surface area contributed by atoms with E-state index < -0.39 is 17.5 Å². The van der Waals surface area contributed by atoms with Crippen LogP contribution in [-0.4, -0.2) is 7.11 Å². The van der Waals surface area contributed by atoms with Gasteiger partial charge in [0.2, 0.25) is 0 Å². The zero-order valence-corrected chi connectivity index (χ0v) is 10.6. The number of halogens is 3. The maximum atomic E-state index is 13.6. The number of benzene rings is 2. The average molecular weight is 283 g/mol. The van der Waals surface area contributed by atoms with Gasteiger partial charge in [0.05, 0.1) is 12.8 Å². The largest absolute Gasteiger partial charge is 0.497 e. The van der Waals surface area contributed by atoms with Crippen molar-refractivity contribution in [3.05, 3.63) is 53.3 Å². The van der Waals surface area contributed by atoms with Crippen LogP contribution in [0.4, 0.5) is 18.9 Å². The Hall–Kier alpha value is -2.37. The first-order valence-electron chi connectivity index (χ1n) is 5.71. The molecule has 2 rings (SSSR count). The minimum Gasteiger partial charge on any atom is -0.497 e. The van der Waals surface area contributed by atoms with Crippen LogP contribution in [-0.2, 0) is 6.61 Å². The highest BCUT2D eigenvalue weighted by molar-refractivity contribution is 5.44. The van der Waals surface area contributed by atoms with Gasteiger partial charge in [-0.1, -0.05) is 0 Å². The van der Waals surface area contributed by atoms with E-state index in [1.165, 1.54) is 19.2 Å². The molecule has 2 aromatic rings. The molecule has 2 aromatic carbocycles. The van der Waals surface area contributed by atoms with E-state index in [9.17, 15) is 13.2 Å². The second-order valence-corrected chi connectivity index (χ2v) is 4.05. The van der Waals surface area contributed by atoms with Gasteiger partial charge in [-0.3, -0.25) is 0 Å². The Balaban J connectivity index is 2.15. The maximum Gasteiger partial charge on any atom is 0.167 e. The van der Waals surface area contributed by atoms with Crippen molar-refractivity contribution in [1.29, 1.82) is 0 Å². The van der Waals surface area contributed by atoms with Crippen molar-refractivity contribution in [2.75, 3.05) is 12.8 Å². The monoisotopic (exact) mass is 283 g/mol. The van der Waals surface area contributed by atoms with Gasteiger partial charge in [-0.25, -0.2) is 13.2 Å². The molecule has 0 saturated heterocycles. The summed E-state index contributed by atoms with van der Waals surface area (Å²) in [6.07, 6.45) is 0. The van der Waals surface area contributed by atoms with Crippen molar-refractivity contribution in [2.45, 2.75) is 6.61 Å². The van der Waals surface area contributed by atoms with Crippen LogP contribution in [0.5, 0.6) is 11.5 Å². The Kier molecular flexibility index (Phi) is 4.02. The number of anilines is 1. The highest BCUT2D eigenvalue weighted by atomic mass is 19.1. The molecule has 0 spiro atoms. The fourth-order valence-electron chi connectivity index (χ4n) is 1.58. The Morgan fingerprint density at radius 3 is 2.40 bits per heavy atom. The Morgan fingerprint density at radius 1 is 1.00 bits per heavy atom. The van der Waals surface area contributed by atoms with Crippen LogP contribution in [0.2, 0.25) is 0 Å². The van der Waals surface area contributed by atoms with Crippen LogP contribution in [0.15, 0.2) is 30.3 Å². The average Bonchev–Trinajstić information content (AvgIpc) is 2.42. The quantitative estimate of drug-likeness (QED) is 0.876. The van der Waals surface area contributed by atoms with Gasteiger partial charge in [0.1, 0.15) is 24.0 Å². The van der Waals surface area contributed by atoms with Gasteiger partial charge in [0.15, 0.2) is 11.6 Å². The summed E-state index contributed by atoms with van der Waals surface area (Å²) in [7, 11) is 1.41. The van der Waals surface area contributed by atoms with Gasteiger partial charge >= 0.3 is 0 Å². The van der Waals surface area contributed by atoms with Crippen molar-refractivity contribution in [3.63, 3.8) is 0 Å². The van der Waals surface area contributed by atoms with Crippen molar-refractivity contribution in [3.8, 4) is 11.5 Å². The fraction of sp³-hybridized carbons (Fsp3) is 0.143. The molecule has 0 aromatic heterocycles. The fourth-order valence-corrected chi connectivity index (χ4v) is 1.58. The zero-order valence-electron chi connectivity index (χ0n) is 10.6. The second-order valence-electron chi connectivity index (χ2n) is 4.05. The first-order valence-corrected chi connectivity index (χ1v) is 5.71. The Labute approximate surface area is 113 Å². The van der Waals surface area contributed by atoms with Crippen molar-refractivity contribution < 1.29 is 22.6 Å². The van der Waals surface area contributed by atoms with E-state index in [0.717, 1.165) is 12.1 Å². The third-order valence-electron chi connectivity index (χ3n) is 2.69. The van der Waals surface area contributed by atoms with Gasteiger partial charge in [0.25, 0.3) is 0 Å². The van der Waals surface area contributed by atoms with Crippen LogP contribution in [0.1, 0.15) is 5.56 Å². The maximum absolute atomic E-state index is 13.6. The smallest absolute Gasteiger partial charge is 0.167 e. The van der Waals surface area contributed by atoms with E-state index in [0.29, 0.717) is 5.75 Å². The number of hydrogen-bond acceptors (Lipinski definition) is 3. The number of ether oxygens (including phenoxy) is 2. The highest BCUT2D eigenvalue weighted by Gasteiger charge is 2.11. The van der Waals surface area contributed by atoms with E-state index in [2.05, 4.69) is 0 Å². The molecule has 0 aliphatic rings. The number of rotatable bonds is 4. The summed E-state index contributed by atoms with van der Waals surface area (Å²) in [4.78, 5) is 0. The molecule has 3 nitrogen and oxygen atoms in total. The van der Waals surface area contributed by atoms with Crippen LogP contribution in [0.25, 0.3) is 0 Å². The van der Waals surface area contributed by atoms with E-state index in [4.69, 9.17) is 15.2 Å². The minimum absolute atomic E-state index is 0.197. The topological polar surface area (TPSA) is 44.5 Å². The Bertz CT molecular complexity index is 632. The van der Waals surface area contributed by atoms with Crippen molar-refractivity contribution in [2.24, 2.45) is 0 Å². The molecule has 0 amide bonds. The molecule has 0 heterocycles. The number of methoxy groups -OCH3 is 1. The summed E-state index contributed by atoms with van der Waals surface area (Å²) in [5.41, 5.74) is 5.09. The van der Waals surface area contributed by atoms with Gasteiger partial charge < -0.3 is 15.2 Å². The summed E-state index contributed by atoms with van der Waals surface area (Å²) in [5.74, 6) is -2.13. The molecule has 0 radical (unpaired) electrons. The predicted octanol–water partition coefficient (Wildman–Crippen LogP) is 3.27. The molecule has 0 aliphatic carbocycles. The summed E-state index contributed by atoms with van der Waals surface area (Å²) >= 11 is 0. The van der Waals surface area contributed by atoms with E-state index in [1.54, 1.807) is 6.07 Å². The van der Waals surface area contributed by atoms with Gasteiger partial charge in [-0.15, -0.1) is 0 Å². The molecular formula is C14H12F3NO2. The van der Waals surface area contributed by atoms with Gasteiger partial charge in [-0.05, 0) is 12.1 Å². The van der Waals surface area contributed by atoms with E-state index >= 15 is 0 Å². The molecule has 2 N–H and O–H groups in total. The first-order chi connectivity index (χ1) is 9.51. The summed E-state index contributed by atoms with van der Waals surface area (Å²) in [5, 5.41) is 0. The summed E-state index contributed by atoms with van der Waals surface area (Å²) in [6, 6.07) is 5.81. The number of hydrogen-bond donors (Lipinski definition) is 1. The Morgan fingerprint density at radius 2 is 1.75 bits per heavy atom.